The molecule has 0 atom stereocenters. The number of aromatic hydroxyl groups is 3. The zero-order chi connectivity index (χ0) is 22.4. The van der Waals surface area contributed by atoms with Crippen LogP contribution in [-0.2, 0) is 0 Å². The predicted molar refractivity (Wildman–Crippen MR) is 121 cm³/mol. The third-order valence-electron chi connectivity index (χ3n) is 5.52. The highest BCUT2D eigenvalue weighted by Crippen LogP contribution is 2.42. The van der Waals surface area contributed by atoms with Crippen LogP contribution in [0.2, 0.25) is 0 Å². The molecular formula is C24H25N3O4. The van der Waals surface area contributed by atoms with Crippen molar-refractivity contribution >= 4 is 11.0 Å². The number of aromatic amines is 2. The maximum atomic E-state index is 12.3. The molecule has 7 nitrogen and oxygen atoms in total. The van der Waals surface area contributed by atoms with E-state index in [2.05, 4.69) is 15.2 Å². The smallest absolute Gasteiger partial charge is 0.273 e. The maximum Gasteiger partial charge on any atom is 0.273 e. The van der Waals surface area contributed by atoms with E-state index in [-0.39, 0.29) is 34.6 Å². The number of rotatable bonds is 4. The highest BCUT2D eigenvalue weighted by molar-refractivity contribution is 5.91. The second-order valence-electron chi connectivity index (χ2n) is 8.37. The summed E-state index contributed by atoms with van der Waals surface area (Å²) in [5, 5.41) is 36.7. The Morgan fingerprint density at radius 3 is 2.06 bits per heavy atom. The minimum absolute atomic E-state index is 0.0623. The Balaban J connectivity index is 2.09. The van der Waals surface area contributed by atoms with E-state index >= 15 is 0 Å². The molecule has 0 unspecified atom stereocenters. The van der Waals surface area contributed by atoms with Crippen molar-refractivity contribution in [1.29, 1.82) is 0 Å². The van der Waals surface area contributed by atoms with E-state index in [9.17, 15) is 20.1 Å². The monoisotopic (exact) mass is 419 g/mol. The molecule has 0 fully saturated rings. The molecule has 0 saturated heterocycles. The number of benzene rings is 2. The average Bonchev–Trinajstić information content (AvgIpc) is 3.07. The zero-order valence-electron chi connectivity index (χ0n) is 17.8. The van der Waals surface area contributed by atoms with Crippen LogP contribution >= 0.6 is 0 Å². The van der Waals surface area contributed by atoms with Crippen molar-refractivity contribution in [3.05, 3.63) is 57.9 Å². The Hall–Kier alpha value is -3.74. The Kier molecular flexibility index (Phi) is 4.97. The van der Waals surface area contributed by atoms with Crippen LogP contribution in [0.1, 0.15) is 50.7 Å². The summed E-state index contributed by atoms with van der Waals surface area (Å²) < 4.78 is 0. The van der Waals surface area contributed by atoms with Gasteiger partial charge in [0.1, 0.15) is 17.2 Å². The number of phenols is 3. The van der Waals surface area contributed by atoms with E-state index < -0.39 is 0 Å². The molecule has 2 heterocycles. The first-order chi connectivity index (χ1) is 14.7. The van der Waals surface area contributed by atoms with Gasteiger partial charge in [-0.3, -0.25) is 15.0 Å². The number of pyridine rings is 1. The third kappa shape index (κ3) is 3.52. The van der Waals surface area contributed by atoms with Gasteiger partial charge in [-0.1, -0.05) is 27.7 Å². The van der Waals surface area contributed by atoms with E-state index in [1.807, 2.05) is 39.8 Å². The molecule has 4 rings (SSSR count). The average molecular weight is 419 g/mol. The summed E-state index contributed by atoms with van der Waals surface area (Å²) in [4.78, 5) is 16.9. The van der Waals surface area contributed by atoms with Crippen molar-refractivity contribution in [2.75, 3.05) is 0 Å². The second-order valence-corrected chi connectivity index (χ2v) is 8.37. The number of phenolic OH excluding ortho intramolecular Hbond substituents is 3. The number of aromatic nitrogens is 3. The van der Waals surface area contributed by atoms with Crippen LogP contribution in [0.15, 0.2) is 41.2 Å². The van der Waals surface area contributed by atoms with Crippen molar-refractivity contribution in [3.63, 3.8) is 0 Å². The van der Waals surface area contributed by atoms with Gasteiger partial charge in [0.25, 0.3) is 5.56 Å². The van der Waals surface area contributed by atoms with Crippen LogP contribution < -0.4 is 5.56 Å². The molecule has 4 aromatic rings. The van der Waals surface area contributed by atoms with E-state index in [4.69, 9.17) is 0 Å². The molecule has 0 aliphatic carbocycles. The first-order valence-corrected chi connectivity index (χ1v) is 10.2. The first-order valence-electron chi connectivity index (χ1n) is 10.2. The fourth-order valence-corrected chi connectivity index (χ4v) is 3.83. The lowest BCUT2D eigenvalue weighted by Crippen LogP contribution is -2.01. The van der Waals surface area contributed by atoms with E-state index in [0.29, 0.717) is 27.9 Å². The van der Waals surface area contributed by atoms with Crippen molar-refractivity contribution < 1.29 is 15.3 Å². The van der Waals surface area contributed by atoms with Crippen LogP contribution in [0.4, 0.5) is 0 Å². The lowest BCUT2D eigenvalue weighted by atomic mass is 9.88. The highest BCUT2D eigenvalue weighted by Gasteiger charge is 2.21. The van der Waals surface area contributed by atoms with Gasteiger partial charge in [0.15, 0.2) is 5.65 Å². The number of hydrogen-bond donors (Lipinski definition) is 5. The molecule has 0 aliphatic heterocycles. The molecule has 0 bridgehead atoms. The highest BCUT2D eigenvalue weighted by atomic mass is 16.3. The molecule has 0 aliphatic rings. The normalized spacial score (nSPS) is 11.7. The Morgan fingerprint density at radius 2 is 1.48 bits per heavy atom. The molecular weight excluding hydrogens is 394 g/mol. The fraction of sp³-hybridized carbons (Fsp3) is 0.250. The summed E-state index contributed by atoms with van der Waals surface area (Å²) in [6.45, 7) is 8.03. The molecule has 0 spiro atoms. The molecule has 2 aromatic heterocycles. The number of hydrogen-bond acceptors (Lipinski definition) is 5. The van der Waals surface area contributed by atoms with Gasteiger partial charge < -0.3 is 15.3 Å². The molecule has 0 amide bonds. The number of nitrogens with zero attached hydrogens (tertiary/aromatic N) is 1. The molecule has 5 N–H and O–H groups in total. The van der Waals surface area contributed by atoms with Gasteiger partial charge in [-0.2, -0.15) is 0 Å². The molecule has 7 heteroatoms. The van der Waals surface area contributed by atoms with E-state index in [0.717, 1.165) is 16.7 Å². The molecule has 0 radical (unpaired) electrons. The summed E-state index contributed by atoms with van der Waals surface area (Å²) in [5.41, 5.74) is 3.96. The number of H-pyrrole nitrogens is 2. The summed E-state index contributed by atoms with van der Waals surface area (Å²) in [6.07, 6.45) is 0. The van der Waals surface area contributed by atoms with Crippen molar-refractivity contribution in [1.82, 2.24) is 15.2 Å². The van der Waals surface area contributed by atoms with Crippen molar-refractivity contribution in [2.45, 2.75) is 39.5 Å². The van der Waals surface area contributed by atoms with Crippen LogP contribution in [0.3, 0.4) is 0 Å². The van der Waals surface area contributed by atoms with Gasteiger partial charge in [0.05, 0.1) is 11.1 Å². The van der Waals surface area contributed by atoms with Crippen LogP contribution in [0.25, 0.3) is 33.4 Å². The molecule has 0 saturated carbocycles. The molecule has 2 aromatic carbocycles. The Morgan fingerprint density at radius 1 is 0.839 bits per heavy atom. The Labute approximate surface area is 179 Å². The Bertz CT molecular complexity index is 1320. The summed E-state index contributed by atoms with van der Waals surface area (Å²) in [6, 6.07) is 9.84. The van der Waals surface area contributed by atoms with Gasteiger partial charge in [0.2, 0.25) is 0 Å². The SMILES string of the molecule is CC(C)c1cc(-c2cc3c(=O)[nH][nH]c3nc2-c2ccc(O)cc2O)cc(C(C)C)c1O. The van der Waals surface area contributed by atoms with Gasteiger partial charge in [-0.05, 0) is 58.9 Å². The van der Waals surface area contributed by atoms with Gasteiger partial charge >= 0.3 is 0 Å². The zero-order valence-corrected chi connectivity index (χ0v) is 17.8. The van der Waals surface area contributed by atoms with Crippen molar-refractivity contribution in [3.8, 4) is 39.6 Å². The standard InChI is InChI=1S/C24H25N3O4/c1-11(2)16-7-13(8-17(12(3)4)22(16)30)18-10-19-23(26-27-24(19)31)25-21(18)15-6-5-14(28)9-20(15)29/h5-12,28-30H,1-4H3,(H2,25,26,27,31). The van der Waals surface area contributed by atoms with Crippen LogP contribution in [0, 0.1) is 0 Å². The number of fused-ring (bicyclic) bond motifs is 1. The van der Waals surface area contributed by atoms with Crippen LogP contribution in [0.5, 0.6) is 17.2 Å². The van der Waals surface area contributed by atoms with Gasteiger partial charge in [-0.25, -0.2) is 4.98 Å². The maximum absolute atomic E-state index is 12.3. The number of nitrogens with one attached hydrogen (secondary N) is 2. The first kappa shape index (κ1) is 20.5. The quantitative estimate of drug-likeness (QED) is 0.320. The van der Waals surface area contributed by atoms with Crippen molar-refractivity contribution in [2.24, 2.45) is 0 Å². The lowest BCUT2D eigenvalue weighted by Gasteiger charge is -2.19. The predicted octanol–water partition coefficient (Wildman–Crippen LogP) is 4.95. The minimum atomic E-state index is -0.294. The van der Waals surface area contributed by atoms with E-state index in [1.54, 1.807) is 12.1 Å². The molecule has 160 valence electrons. The fourth-order valence-electron chi connectivity index (χ4n) is 3.83. The van der Waals surface area contributed by atoms with Gasteiger partial charge in [0, 0.05) is 17.2 Å². The minimum Gasteiger partial charge on any atom is -0.508 e. The van der Waals surface area contributed by atoms with Gasteiger partial charge in [-0.15, -0.1) is 0 Å². The summed E-state index contributed by atoms with van der Waals surface area (Å²) in [7, 11) is 0. The van der Waals surface area contributed by atoms with E-state index in [1.165, 1.54) is 12.1 Å². The second kappa shape index (κ2) is 7.50. The van der Waals surface area contributed by atoms with Crippen LogP contribution in [-0.4, -0.2) is 30.5 Å². The lowest BCUT2D eigenvalue weighted by molar-refractivity contribution is 0.451. The third-order valence-corrected chi connectivity index (χ3v) is 5.52. The summed E-state index contributed by atoms with van der Waals surface area (Å²) in [5.74, 6) is 0.243. The largest absolute Gasteiger partial charge is 0.508 e. The summed E-state index contributed by atoms with van der Waals surface area (Å²) >= 11 is 0. The molecule has 31 heavy (non-hydrogen) atoms. The topological polar surface area (TPSA) is 122 Å².